The molecule has 1 unspecified atom stereocenters. The van der Waals surface area contributed by atoms with Crippen molar-refractivity contribution in [3.63, 3.8) is 0 Å². The van der Waals surface area contributed by atoms with Gasteiger partial charge in [-0.2, -0.15) is 0 Å². The molecule has 0 fully saturated rings. The highest BCUT2D eigenvalue weighted by molar-refractivity contribution is 5.75. The zero-order chi connectivity index (χ0) is 13.5. The lowest BCUT2D eigenvalue weighted by molar-refractivity contribution is -0.154. The lowest BCUT2D eigenvalue weighted by atomic mass is 10.1. The van der Waals surface area contributed by atoms with Crippen LogP contribution < -0.4 is 10.5 Å². The zero-order valence-corrected chi connectivity index (χ0v) is 10.9. The van der Waals surface area contributed by atoms with Gasteiger partial charge in [-0.1, -0.05) is 6.07 Å². The van der Waals surface area contributed by atoms with Gasteiger partial charge in [-0.3, -0.25) is 0 Å². The Bertz CT molecular complexity index is 406. The maximum absolute atomic E-state index is 11.6. The summed E-state index contributed by atoms with van der Waals surface area (Å²) in [6.07, 6.45) is -0.193. The number of carbonyl (C=O) groups excluding carboxylic acids is 1. The minimum absolute atomic E-state index is 0.337. The Labute approximate surface area is 107 Å². The van der Waals surface area contributed by atoms with E-state index in [4.69, 9.17) is 19.9 Å². The second kappa shape index (κ2) is 6.86. The van der Waals surface area contributed by atoms with Crippen molar-refractivity contribution in [2.24, 2.45) is 0 Å². The smallest absolute Gasteiger partial charge is 0.335 e. The second-order valence-electron chi connectivity index (χ2n) is 3.76. The van der Waals surface area contributed by atoms with E-state index in [0.717, 1.165) is 5.56 Å². The van der Waals surface area contributed by atoms with Gasteiger partial charge in [0.1, 0.15) is 5.75 Å². The van der Waals surface area contributed by atoms with Gasteiger partial charge in [-0.05, 0) is 24.6 Å². The first kappa shape index (κ1) is 14.3. The molecule has 18 heavy (non-hydrogen) atoms. The Morgan fingerprint density at radius 3 is 2.61 bits per heavy atom. The third-order valence-electron chi connectivity index (χ3n) is 2.55. The molecule has 0 aromatic heterocycles. The first-order chi connectivity index (χ1) is 8.62. The molecule has 1 aromatic rings. The molecule has 0 radical (unpaired) electrons. The van der Waals surface area contributed by atoms with E-state index in [1.165, 1.54) is 7.11 Å². The number of hydrogen-bond donors (Lipinski definition) is 1. The maximum Gasteiger partial charge on any atom is 0.335 e. The van der Waals surface area contributed by atoms with E-state index in [0.29, 0.717) is 24.5 Å². The molecule has 2 N–H and O–H groups in total. The van der Waals surface area contributed by atoms with Gasteiger partial charge in [0, 0.05) is 13.5 Å². The van der Waals surface area contributed by atoms with Crippen molar-refractivity contribution >= 4 is 11.7 Å². The first-order valence-corrected chi connectivity index (χ1v) is 5.74. The average molecular weight is 253 g/mol. The lowest BCUT2D eigenvalue weighted by Gasteiger charge is -2.14. The van der Waals surface area contributed by atoms with Crippen molar-refractivity contribution in [1.29, 1.82) is 0 Å². The molecular formula is C13H19NO4. The predicted molar refractivity (Wildman–Crippen MR) is 68.5 cm³/mol. The molecule has 0 aliphatic heterocycles. The van der Waals surface area contributed by atoms with E-state index in [2.05, 4.69) is 0 Å². The standard InChI is InChI=1S/C13H19NO4/c1-4-18-13(15)12(17-3)8-9-5-6-11(16-2)10(14)7-9/h5-7,12H,4,8,14H2,1-3H3. The third-order valence-corrected chi connectivity index (χ3v) is 2.55. The number of carbonyl (C=O) groups is 1. The summed E-state index contributed by atoms with van der Waals surface area (Å²) in [5.74, 6) is 0.248. The molecule has 1 aromatic carbocycles. The summed E-state index contributed by atoms with van der Waals surface area (Å²) in [5, 5.41) is 0. The lowest BCUT2D eigenvalue weighted by Crippen LogP contribution is -2.27. The zero-order valence-electron chi connectivity index (χ0n) is 10.9. The quantitative estimate of drug-likeness (QED) is 0.613. The fourth-order valence-electron chi connectivity index (χ4n) is 1.62. The predicted octanol–water partition coefficient (Wildman–Crippen LogP) is 1.40. The van der Waals surface area contributed by atoms with Crippen molar-refractivity contribution in [1.82, 2.24) is 0 Å². The molecule has 5 nitrogen and oxygen atoms in total. The molecule has 0 bridgehead atoms. The summed E-state index contributed by atoms with van der Waals surface area (Å²) in [6.45, 7) is 2.10. The number of nitrogen functional groups attached to an aromatic ring is 1. The van der Waals surface area contributed by atoms with Gasteiger partial charge in [0.2, 0.25) is 0 Å². The number of methoxy groups -OCH3 is 2. The molecule has 0 spiro atoms. The average Bonchev–Trinajstić information content (AvgIpc) is 2.36. The minimum Gasteiger partial charge on any atom is -0.495 e. The van der Waals surface area contributed by atoms with Gasteiger partial charge in [0.15, 0.2) is 6.10 Å². The molecule has 1 rings (SSSR count). The number of hydrogen-bond acceptors (Lipinski definition) is 5. The monoisotopic (exact) mass is 253 g/mol. The molecule has 0 saturated heterocycles. The molecule has 1 atom stereocenters. The fraction of sp³-hybridized carbons (Fsp3) is 0.462. The second-order valence-corrected chi connectivity index (χ2v) is 3.76. The molecule has 100 valence electrons. The third kappa shape index (κ3) is 3.63. The summed E-state index contributed by atoms with van der Waals surface area (Å²) in [7, 11) is 3.04. The molecule has 0 aliphatic rings. The molecule has 0 heterocycles. The molecule has 0 saturated carbocycles. The van der Waals surface area contributed by atoms with Crippen LogP contribution in [0.5, 0.6) is 5.75 Å². The van der Waals surface area contributed by atoms with Crippen LogP contribution in [0.4, 0.5) is 5.69 Å². The van der Waals surface area contributed by atoms with E-state index in [9.17, 15) is 4.79 Å². The van der Waals surface area contributed by atoms with Gasteiger partial charge in [0.05, 0.1) is 19.4 Å². The Hall–Kier alpha value is -1.75. The number of ether oxygens (including phenoxy) is 3. The highest BCUT2D eigenvalue weighted by Crippen LogP contribution is 2.22. The topological polar surface area (TPSA) is 70.8 Å². The van der Waals surface area contributed by atoms with Gasteiger partial charge in [-0.25, -0.2) is 4.79 Å². The van der Waals surface area contributed by atoms with Crippen LogP contribution in [-0.4, -0.2) is 32.9 Å². The van der Waals surface area contributed by atoms with Gasteiger partial charge < -0.3 is 19.9 Å². The molecule has 0 amide bonds. The number of esters is 1. The van der Waals surface area contributed by atoms with Crippen molar-refractivity contribution in [2.45, 2.75) is 19.4 Å². The van der Waals surface area contributed by atoms with Crippen molar-refractivity contribution < 1.29 is 19.0 Å². The van der Waals surface area contributed by atoms with Gasteiger partial charge in [-0.15, -0.1) is 0 Å². The van der Waals surface area contributed by atoms with Crippen LogP contribution in [0.25, 0.3) is 0 Å². The number of benzene rings is 1. The molecule has 0 aliphatic carbocycles. The Balaban J connectivity index is 2.76. The Kier molecular flexibility index (Phi) is 5.45. The van der Waals surface area contributed by atoms with Crippen molar-refractivity contribution in [3.8, 4) is 5.75 Å². The van der Waals surface area contributed by atoms with Crippen LogP contribution in [0.2, 0.25) is 0 Å². The SMILES string of the molecule is CCOC(=O)C(Cc1ccc(OC)c(N)c1)OC. The fourth-order valence-corrected chi connectivity index (χ4v) is 1.62. The van der Waals surface area contributed by atoms with Crippen LogP contribution in [0, 0.1) is 0 Å². The van der Waals surface area contributed by atoms with Crippen molar-refractivity contribution in [2.75, 3.05) is 26.6 Å². The van der Waals surface area contributed by atoms with E-state index >= 15 is 0 Å². The largest absolute Gasteiger partial charge is 0.495 e. The number of nitrogens with two attached hydrogens (primary N) is 1. The Morgan fingerprint density at radius 1 is 1.39 bits per heavy atom. The van der Waals surface area contributed by atoms with E-state index < -0.39 is 6.10 Å². The first-order valence-electron chi connectivity index (χ1n) is 5.74. The summed E-state index contributed by atoms with van der Waals surface area (Å²) >= 11 is 0. The van der Waals surface area contributed by atoms with Crippen LogP contribution in [-0.2, 0) is 20.7 Å². The van der Waals surface area contributed by atoms with Crippen LogP contribution in [0.3, 0.4) is 0 Å². The molecule has 5 heteroatoms. The van der Waals surface area contributed by atoms with Crippen LogP contribution in [0.15, 0.2) is 18.2 Å². The molecular weight excluding hydrogens is 234 g/mol. The summed E-state index contributed by atoms with van der Waals surface area (Å²) in [4.78, 5) is 11.6. The maximum atomic E-state index is 11.6. The van der Waals surface area contributed by atoms with Crippen LogP contribution in [0.1, 0.15) is 12.5 Å². The highest BCUT2D eigenvalue weighted by Gasteiger charge is 2.19. The number of anilines is 1. The normalized spacial score (nSPS) is 11.9. The summed E-state index contributed by atoms with van der Waals surface area (Å²) in [5.41, 5.74) is 7.23. The van der Waals surface area contributed by atoms with Crippen LogP contribution >= 0.6 is 0 Å². The van der Waals surface area contributed by atoms with E-state index in [-0.39, 0.29) is 5.97 Å². The van der Waals surface area contributed by atoms with Gasteiger partial charge in [0.25, 0.3) is 0 Å². The minimum atomic E-state index is -0.613. The Morgan fingerprint density at radius 2 is 2.11 bits per heavy atom. The van der Waals surface area contributed by atoms with Crippen molar-refractivity contribution in [3.05, 3.63) is 23.8 Å². The number of rotatable bonds is 6. The summed E-state index contributed by atoms with van der Waals surface area (Å²) < 4.78 is 15.1. The highest BCUT2D eigenvalue weighted by atomic mass is 16.6. The van der Waals surface area contributed by atoms with E-state index in [1.807, 2.05) is 6.07 Å². The van der Waals surface area contributed by atoms with Gasteiger partial charge >= 0.3 is 5.97 Å². The van der Waals surface area contributed by atoms with E-state index in [1.54, 1.807) is 26.2 Å². The summed E-state index contributed by atoms with van der Waals surface area (Å²) in [6, 6.07) is 5.38.